The third-order valence-electron chi connectivity index (χ3n) is 4.55. The largest absolute Gasteiger partial charge is 0.396 e. The number of carbonyl (C=O) groups excluding carboxylic acids is 1. The van der Waals surface area contributed by atoms with Gasteiger partial charge in [-0.25, -0.2) is 4.39 Å². The minimum atomic E-state index is -0.689. The molecule has 5 heteroatoms. The Labute approximate surface area is 140 Å². The first-order chi connectivity index (χ1) is 11.6. The lowest BCUT2D eigenvalue weighted by molar-refractivity contribution is 0.000878. The van der Waals surface area contributed by atoms with Crippen LogP contribution in [0.1, 0.15) is 16.8 Å². The summed E-state index contributed by atoms with van der Waals surface area (Å²) in [5.41, 5.74) is 2.34. The van der Waals surface area contributed by atoms with Gasteiger partial charge in [0.05, 0.1) is 6.10 Å². The van der Waals surface area contributed by atoms with Gasteiger partial charge >= 0.3 is 0 Å². The number of β-amino-alcohol motifs (C(OH)–C–C–N with tert-alkyl or cyclic N) is 1. The zero-order chi connectivity index (χ0) is 17.1. The predicted molar refractivity (Wildman–Crippen MR) is 88.9 cm³/mol. The number of nitrogens with zero attached hydrogens (tertiary/aromatic N) is 1. The number of hydrogen-bond donors (Lipinski definition) is 2. The molecule has 2 aromatic carbocycles. The van der Waals surface area contributed by atoms with E-state index in [0.29, 0.717) is 18.5 Å². The molecule has 3 rings (SSSR count). The van der Waals surface area contributed by atoms with Crippen molar-refractivity contribution >= 4 is 5.91 Å². The van der Waals surface area contributed by atoms with Crippen LogP contribution in [0.3, 0.4) is 0 Å². The number of piperidine rings is 1. The second kappa shape index (κ2) is 7.11. The van der Waals surface area contributed by atoms with E-state index < -0.39 is 6.10 Å². The van der Waals surface area contributed by atoms with Crippen molar-refractivity contribution in [2.75, 3.05) is 19.7 Å². The molecule has 0 unspecified atom stereocenters. The normalized spacial score (nSPS) is 20.9. The van der Waals surface area contributed by atoms with Gasteiger partial charge < -0.3 is 15.1 Å². The van der Waals surface area contributed by atoms with Crippen molar-refractivity contribution in [2.24, 2.45) is 5.92 Å². The monoisotopic (exact) mass is 329 g/mol. The molecule has 1 heterocycles. The van der Waals surface area contributed by atoms with Gasteiger partial charge in [0.2, 0.25) is 0 Å². The van der Waals surface area contributed by atoms with Crippen molar-refractivity contribution in [3.8, 4) is 11.1 Å². The molecule has 4 nitrogen and oxygen atoms in total. The lowest BCUT2D eigenvalue weighted by atomic mass is 9.94. The van der Waals surface area contributed by atoms with Gasteiger partial charge in [0.25, 0.3) is 5.91 Å². The summed E-state index contributed by atoms with van der Waals surface area (Å²) in [4.78, 5) is 14.2. The molecule has 2 N–H and O–H groups in total. The highest BCUT2D eigenvalue weighted by Gasteiger charge is 2.29. The SMILES string of the molecule is O=C(c1ccc(-c2ccc(F)cc2)cc1)N1CC[C@H](CO)[C@H](O)C1. The lowest BCUT2D eigenvalue weighted by Crippen LogP contribution is -2.47. The summed E-state index contributed by atoms with van der Waals surface area (Å²) >= 11 is 0. The van der Waals surface area contributed by atoms with Gasteiger partial charge in [-0.3, -0.25) is 4.79 Å². The quantitative estimate of drug-likeness (QED) is 0.908. The molecule has 0 radical (unpaired) electrons. The summed E-state index contributed by atoms with van der Waals surface area (Å²) in [7, 11) is 0. The van der Waals surface area contributed by atoms with Crippen LogP contribution in [0.5, 0.6) is 0 Å². The van der Waals surface area contributed by atoms with E-state index in [1.165, 1.54) is 12.1 Å². The molecule has 24 heavy (non-hydrogen) atoms. The third-order valence-corrected chi connectivity index (χ3v) is 4.55. The van der Waals surface area contributed by atoms with E-state index in [9.17, 15) is 19.4 Å². The van der Waals surface area contributed by atoms with Crippen LogP contribution in [0.25, 0.3) is 11.1 Å². The maximum Gasteiger partial charge on any atom is 0.253 e. The molecule has 1 aliphatic rings. The molecular formula is C19H20FNO3. The van der Waals surface area contributed by atoms with Crippen LogP contribution in [0.2, 0.25) is 0 Å². The van der Waals surface area contributed by atoms with E-state index in [-0.39, 0.29) is 30.8 Å². The van der Waals surface area contributed by atoms with E-state index in [1.807, 2.05) is 12.1 Å². The zero-order valence-electron chi connectivity index (χ0n) is 13.2. The van der Waals surface area contributed by atoms with E-state index >= 15 is 0 Å². The van der Waals surface area contributed by atoms with Crippen LogP contribution in [-0.4, -0.2) is 46.8 Å². The van der Waals surface area contributed by atoms with Crippen LogP contribution in [0.4, 0.5) is 4.39 Å². The number of halogens is 1. The molecule has 1 fully saturated rings. The molecule has 1 amide bonds. The molecule has 2 atom stereocenters. The fraction of sp³-hybridized carbons (Fsp3) is 0.316. The predicted octanol–water partition coefficient (Wildman–Crippen LogP) is 2.31. The minimum Gasteiger partial charge on any atom is -0.396 e. The van der Waals surface area contributed by atoms with Gasteiger partial charge in [-0.1, -0.05) is 24.3 Å². The smallest absolute Gasteiger partial charge is 0.253 e. The highest BCUT2D eigenvalue weighted by atomic mass is 19.1. The van der Waals surface area contributed by atoms with Gasteiger partial charge in [-0.2, -0.15) is 0 Å². The van der Waals surface area contributed by atoms with Crippen LogP contribution in [0.15, 0.2) is 48.5 Å². The average molecular weight is 329 g/mol. The third kappa shape index (κ3) is 3.47. The van der Waals surface area contributed by atoms with Crippen LogP contribution < -0.4 is 0 Å². The van der Waals surface area contributed by atoms with Gasteiger partial charge in [-0.05, 0) is 41.8 Å². The summed E-state index contributed by atoms with van der Waals surface area (Å²) in [6.07, 6.45) is -0.0944. The van der Waals surface area contributed by atoms with E-state index in [1.54, 1.807) is 29.2 Å². The first kappa shape index (κ1) is 16.6. The van der Waals surface area contributed by atoms with Crippen molar-refractivity contribution in [2.45, 2.75) is 12.5 Å². The first-order valence-corrected chi connectivity index (χ1v) is 8.02. The fourth-order valence-corrected chi connectivity index (χ4v) is 3.01. The highest BCUT2D eigenvalue weighted by molar-refractivity contribution is 5.94. The standard InChI is InChI=1S/C19H20FNO3/c20-17-7-5-14(6-8-17)13-1-3-15(4-2-13)19(24)21-10-9-16(12-22)18(23)11-21/h1-8,16,18,22-23H,9-12H2/t16-,18-/m1/s1. The second-order valence-electron chi connectivity index (χ2n) is 6.13. The van der Waals surface area contributed by atoms with Gasteiger partial charge in [-0.15, -0.1) is 0 Å². The number of carbonyl (C=O) groups is 1. The van der Waals surface area contributed by atoms with Gasteiger partial charge in [0, 0.05) is 31.2 Å². The molecule has 0 spiro atoms. The molecule has 126 valence electrons. The highest BCUT2D eigenvalue weighted by Crippen LogP contribution is 2.22. The molecule has 1 saturated heterocycles. The van der Waals surface area contributed by atoms with Crippen molar-refractivity contribution < 1.29 is 19.4 Å². The molecule has 0 aromatic heterocycles. The Morgan fingerprint density at radius 2 is 1.67 bits per heavy atom. The van der Waals surface area contributed by atoms with Crippen molar-refractivity contribution in [1.82, 2.24) is 4.90 Å². The Morgan fingerprint density at radius 1 is 1.08 bits per heavy atom. The first-order valence-electron chi connectivity index (χ1n) is 8.02. The maximum atomic E-state index is 13.0. The zero-order valence-corrected chi connectivity index (χ0v) is 13.2. The molecule has 1 aliphatic heterocycles. The molecule has 0 aliphatic carbocycles. The second-order valence-corrected chi connectivity index (χ2v) is 6.13. The number of rotatable bonds is 3. The van der Waals surface area contributed by atoms with Crippen LogP contribution >= 0.6 is 0 Å². The lowest BCUT2D eigenvalue weighted by Gasteiger charge is -2.35. The Bertz CT molecular complexity index is 700. The van der Waals surface area contributed by atoms with Gasteiger partial charge in [0.15, 0.2) is 0 Å². The number of hydrogen-bond acceptors (Lipinski definition) is 3. The summed E-state index contributed by atoms with van der Waals surface area (Å²) in [5, 5.41) is 19.1. The number of likely N-dealkylation sites (tertiary alicyclic amines) is 1. The number of aliphatic hydroxyl groups excluding tert-OH is 2. The van der Waals surface area contributed by atoms with Crippen molar-refractivity contribution in [3.63, 3.8) is 0 Å². The Morgan fingerprint density at radius 3 is 2.21 bits per heavy atom. The van der Waals surface area contributed by atoms with Crippen molar-refractivity contribution in [3.05, 3.63) is 59.9 Å². The van der Waals surface area contributed by atoms with E-state index in [0.717, 1.165) is 11.1 Å². The fourth-order valence-electron chi connectivity index (χ4n) is 3.01. The topological polar surface area (TPSA) is 60.8 Å². The van der Waals surface area contributed by atoms with E-state index in [2.05, 4.69) is 0 Å². The Balaban J connectivity index is 1.71. The molecule has 2 aromatic rings. The number of aliphatic hydroxyl groups is 2. The van der Waals surface area contributed by atoms with Gasteiger partial charge in [0.1, 0.15) is 5.82 Å². The maximum absolute atomic E-state index is 13.0. The Kier molecular flexibility index (Phi) is 4.92. The number of amides is 1. The summed E-state index contributed by atoms with van der Waals surface area (Å²) < 4.78 is 13.0. The number of benzene rings is 2. The average Bonchev–Trinajstić information content (AvgIpc) is 2.62. The van der Waals surface area contributed by atoms with Crippen LogP contribution in [-0.2, 0) is 0 Å². The van der Waals surface area contributed by atoms with Crippen molar-refractivity contribution in [1.29, 1.82) is 0 Å². The van der Waals surface area contributed by atoms with E-state index in [4.69, 9.17) is 0 Å². The summed E-state index contributed by atoms with van der Waals surface area (Å²) in [5.74, 6) is -0.568. The summed E-state index contributed by atoms with van der Waals surface area (Å²) in [6, 6.07) is 13.3. The Hall–Kier alpha value is -2.24. The summed E-state index contributed by atoms with van der Waals surface area (Å²) in [6.45, 7) is 0.709. The van der Waals surface area contributed by atoms with Crippen LogP contribution in [0, 0.1) is 11.7 Å². The molecular weight excluding hydrogens is 309 g/mol. The molecule has 0 saturated carbocycles. The molecule has 0 bridgehead atoms. The minimum absolute atomic E-state index is 0.0600.